The van der Waals surface area contributed by atoms with Crippen molar-refractivity contribution in [3.05, 3.63) is 17.1 Å². The zero-order valence-electron chi connectivity index (χ0n) is 5.12. The van der Waals surface area contributed by atoms with Crippen LogP contribution in [0.5, 0.6) is 0 Å². The largest absolute Gasteiger partial charge is 0.372 e. The maximum Gasteiger partial charge on any atom is 0.108 e. The van der Waals surface area contributed by atoms with Gasteiger partial charge in [0.15, 0.2) is 0 Å². The smallest absolute Gasteiger partial charge is 0.108 e. The summed E-state index contributed by atoms with van der Waals surface area (Å²) in [6.45, 7) is 0.907. The number of hydrogen-bond acceptors (Lipinski definition) is 3. The Morgan fingerprint density at radius 2 is 2.56 bits per heavy atom. The van der Waals surface area contributed by atoms with E-state index in [4.69, 9.17) is 4.74 Å². The predicted octanol–water partition coefficient (Wildman–Crippen LogP) is 1.10. The topological polar surface area (TPSA) is 38.7 Å². The lowest BCUT2D eigenvalue weighted by molar-refractivity contribution is 0.0746. The maximum atomic E-state index is 9.72. The predicted molar refractivity (Wildman–Crippen MR) is 34.2 cm³/mol. The molecule has 0 aromatic heterocycles. The van der Waals surface area contributed by atoms with E-state index >= 15 is 0 Å². The van der Waals surface area contributed by atoms with Crippen LogP contribution in [0.3, 0.4) is 0 Å². The average molecular weight is 127 g/mol. The molecule has 1 heterocycles. The van der Waals surface area contributed by atoms with Crippen molar-refractivity contribution in [2.45, 2.75) is 12.5 Å². The van der Waals surface area contributed by atoms with E-state index in [9.17, 15) is 4.91 Å². The van der Waals surface area contributed by atoms with Gasteiger partial charge in [0.2, 0.25) is 0 Å². The molecule has 9 heavy (non-hydrogen) atoms. The minimum Gasteiger partial charge on any atom is -0.372 e. The Bertz CT molecular complexity index is 122. The van der Waals surface area contributed by atoms with Crippen LogP contribution in [0.4, 0.5) is 0 Å². The molecule has 0 spiro atoms. The summed E-state index contributed by atoms with van der Waals surface area (Å²) in [5.74, 6) is 0. The number of nitroso groups, excluding NO2 is 1. The van der Waals surface area contributed by atoms with E-state index in [-0.39, 0.29) is 12.6 Å². The first-order valence-corrected chi connectivity index (χ1v) is 2.99. The monoisotopic (exact) mass is 127 g/mol. The fourth-order valence-electron chi connectivity index (χ4n) is 0.786. The highest BCUT2D eigenvalue weighted by Gasteiger charge is 2.08. The lowest BCUT2D eigenvalue weighted by Crippen LogP contribution is -2.18. The Balaban J connectivity index is 2.26. The number of rotatable bonds is 2. The van der Waals surface area contributed by atoms with E-state index in [0.717, 1.165) is 6.42 Å². The molecule has 0 N–H and O–H groups in total. The van der Waals surface area contributed by atoms with E-state index in [1.807, 2.05) is 12.2 Å². The van der Waals surface area contributed by atoms with Crippen LogP contribution in [-0.2, 0) is 4.74 Å². The van der Waals surface area contributed by atoms with Gasteiger partial charge in [0.1, 0.15) is 6.54 Å². The number of nitrogens with zero attached hydrogens (tertiary/aromatic N) is 1. The number of hydrogen-bond donors (Lipinski definition) is 0. The minimum absolute atomic E-state index is 0.0347. The van der Waals surface area contributed by atoms with Crippen molar-refractivity contribution >= 4 is 0 Å². The van der Waals surface area contributed by atoms with Crippen LogP contribution in [0.2, 0.25) is 0 Å². The average Bonchev–Trinajstić information content (AvgIpc) is 1.91. The quantitative estimate of drug-likeness (QED) is 0.411. The van der Waals surface area contributed by atoms with Gasteiger partial charge in [-0.3, -0.25) is 0 Å². The van der Waals surface area contributed by atoms with E-state index in [1.54, 1.807) is 0 Å². The molecular formula is C6H9NO2. The van der Waals surface area contributed by atoms with Crippen LogP contribution >= 0.6 is 0 Å². The summed E-state index contributed by atoms with van der Waals surface area (Å²) in [6, 6.07) is 0. The first-order valence-electron chi connectivity index (χ1n) is 2.99. The second-order valence-corrected chi connectivity index (χ2v) is 1.97. The van der Waals surface area contributed by atoms with E-state index in [0.29, 0.717) is 6.61 Å². The van der Waals surface area contributed by atoms with Crippen molar-refractivity contribution in [2.75, 3.05) is 13.2 Å². The Kier molecular flexibility index (Phi) is 2.39. The highest BCUT2D eigenvalue weighted by atomic mass is 16.5. The first kappa shape index (κ1) is 6.42. The molecule has 0 radical (unpaired) electrons. The molecule has 0 saturated carbocycles. The third-order valence-electron chi connectivity index (χ3n) is 1.27. The Morgan fingerprint density at radius 1 is 1.67 bits per heavy atom. The highest BCUT2D eigenvalue weighted by Crippen LogP contribution is 2.05. The van der Waals surface area contributed by atoms with Crippen molar-refractivity contribution in [3.63, 3.8) is 0 Å². The van der Waals surface area contributed by atoms with Crippen molar-refractivity contribution < 1.29 is 4.74 Å². The lowest BCUT2D eigenvalue weighted by atomic mass is 10.2. The fraction of sp³-hybridized carbons (Fsp3) is 0.667. The van der Waals surface area contributed by atoms with Crippen LogP contribution < -0.4 is 0 Å². The molecular weight excluding hydrogens is 118 g/mol. The third-order valence-corrected chi connectivity index (χ3v) is 1.27. The maximum absolute atomic E-state index is 9.72. The molecule has 0 fully saturated rings. The fourth-order valence-corrected chi connectivity index (χ4v) is 0.786. The van der Waals surface area contributed by atoms with E-state index in [1.165, 1.54) is 0 Å². The van der Waals surface area contributed by atoms with Crippen LogP contribution in [0.25, 0.3) is 0 Å². The molecule has 1 aliphatic heterocycles. The summed E-state index contributed by atoms with van der Waals surface area (Å²) >= 11 is 0. The Hall–Kier alpha value is -0.700. The standard InChI is InChI=1S/C6H9NO2/c8-7-5-6-3-1-2-4-9-6/h1-2,6H,3-5H2/t6-/m0/s1. The van der Waals surface area contributed by atoms with Gasteiger partial charge in [-0.1, -0.05) is 17.3 Å². The second-order valence-electron chi connectivity index (χ2n) is 1.97. The molecule has 0 unspecified atom stereocenters. The second kappa shape index (κ2) is 3.35. The molecule has 0 amide bonds. The van der Waals surface area contributed by atoms with Gasteiger partial charge >= 0.3 is 0 Å². The van der Waals surface area contributed by atoms with E-state index in [2.05, 4.69) is 5.18 Å². The van der Waals surface area contributed by atoms with Crippen LogP contribution in [0.1, 0.15) is 6.42 Å². The minimum atomic E-state index is 0.0347. The Morgan fingerprint density at radius 3 is 3.11 bits per heavy atom. The third kappa shape index (κ3) is 1.93. The molecule has 3 nitrogen and oxygen atoms in total. The molecule has 0 saturated heterocycles. The molecule has 50 valence electrons. The molecule has 3 heteroatoms. The zero-order chi connectivity index (χ0) is 6.53. The summed E-state index contributed by atoms with van der Waals surface area (Å²) in [6.07, 6.45) is 4.82. The SMILES string of the molecule is O=NC[C@@H]1CC=CCO1. The van der Waals surface area contributed by atoms with Gasteiger partial charge in [-0.2, -0.15) is 4.91 Å². The van der Waals surface area contributed by atoms with Gasteiger partial charge in [-0.15, -0.1) is 0 Å². The van der Waals surface area contributed by atoms with Gasteiger partial charge in [-0.05, 0) is 6.42 Å². The molecule has 0 bridgehead atoms. The van der Waals surface area contributed by atoms with Gasteiger partial charge < -0.3 is 4.74 Å². The summed E-state index contributed by atoms with van der Waals surface area (Å²) in [7, 11) is 0. The summed E-state index contributed by atoms with van der Waals surface area (Å²) in [5.41, 5.74) is 0. The van der Waals surface area contributed by atoms with Gasteiger partial charge in [0, 0.05) is 0 Å². The summed E-state index contributed by atoms with van der Waals surface area (Å²) in [4.78, 5) is 9.72. The van der Waals surface area contributed by atoms with Crippen molar-refractivity contribution in [3.8, 4) is 0 Å². The molecule has 0 aliphatic carbocycles. The normalized spacial score (nSPS) is 26.0. The molecule has 1 rings (SSSR count). The van der Waals surface area contributed by atoms with Crippen LogP contribution in [0.15, 0.2) is 17.3 Å². The zero-order valence-corrected chi connectivity index (χ0v) is 5.12. The van der Waals surface area contributed by atoms with Crippen molar-refractivity contribution in [1.29, 1.82) is 0 Å². The first-order chi connectivity index (χ1) is 4.43. The Labute approximate surface area is 53.7 Å². The highest BCUT2D eigenvalue weighted by molar-refractivity contribution is 4.89. The van der Waals surface area contributed by atoms with Crippen LogP contribution in [0, 0.1) is 4.91 Å². The summed E-state index contributed by atoms with van der Waals surface area (Å²) < 4.78 is 5.14. The summed E-state index contributed by atoms with van der Waals surface area (Å²) in [5, 5.41) is 2.75. The molecule has 0 aromatic rings. The molecule has 0 aromatic carbocycles. The lowest BCUT2D eigenvalue weighted by Gasteiger charge is -2.14. The molecule has 1 aliphatic rings. The van der Waals surface area contributed by atoms with Gasteiger partial charge in [-0.25, -0.2) is 0 Å². The van der Waals surface area contributed by atoms with Crippen molar-refractivity contribution in [2.24, 2.45) is 5.18 Å². The molecule has 1 atom stereocenters. The number of ether oxygens (including phenoxy) is 1. The van der Waals surface area contributed by atoms with Gasteiger partial charge in [0.25, 0.3) is 0 Å². The van der Waals surface area contributed by atoms with Crippen LogP contribution in [-0.4, -0.2) is 19.3 Å². The van der Waals surface area contributed by atoms with Crippen molar-refractivity contribution in [1.82, 2.24) is 0 Å². The van der Waals surface area contributed by atoms with E-state index < -0.39 is 0 Å². The van der Waals surface area contributed by atoms with Gasteiger partial charge in [0.05, 0.1) is 12.7 Å².